The van der Waals surface area contributed by atoms with Gasteiger partial charge < -0.3 is 55.2 Å². The highest BCUT2D eigenvalue weighted by Gasteiger charge is 2.31. The Labute approximate surface area is 406 Å². The molecule has 0 unspecified atom stereocenters. The van der Waals surface area contributed by atoms with Crippen LogP contribution >= 0.6 is 11.8 Å². The van der Waals surface area contributed by atoms with Crippen molar-refractivity contribution < 1.29 is 82.4 Å². The molecule has 0 aliphatic rings. The lowest BCUT2D eigenvalue weighted by Gasteiger charge is -2.27. The first-order valence-corrected chi connectivity index (χ1v) is 22.2. The third-order valence-corrected chi connectivity index (χ3v) is 11.2. The normalized spacial score (nSPS) is 12.8. The number of carbonyl (C=O) groups excluding carboxylic acids is 1. The first kappa shape index (κ1) is 58.3. The van der Waals surface area contributed by atoms with Gasteiger partial charge in [0.05, 0.1) is 11.8 Å². The van der Waals surface area contributed by atoms with Crippen molar-refractivity contribution in [3.8, 4) is 11.1 Å². The van der Waals surface area contributed by atoms with Crippen molar-refractivity contribution in [2.75, 3.05) is 26.2 Å². The fraction of sp³-hybridized carbons (Fsp3) is 0.348. The molecule has 25 heteroatoms. The molecule has 3 aromatic carbocycles. The maximum absolute atomic E-state index is 14.2. The zero-order valence-electron chi connectivity index (χ0n) is 38.3. The summed E-state index contributed by atoms with van der Waals surface area (Å²) in [5, 5.41) is 69.6. The summed E-state index contributed by atoms with van der Waals surface area (Å²) in [6.45, 7) is 7.13. The predicted molar refractivity (Wildman–Crippen MR) is 245 cm³/mol. The summed E-state index contributed by atoms with van der Waals surface area (Å²) < 4.78 is 56.1. The highest BCUT2D eigenvalue weighted by Crippen LogP contribution is 2.31. The highest BCUT2D eigenvalue weighted by molar-refractivity contribution is 7.98. The molecule has 5 aromatic rings. The van der Waals surface area contributed by atoms with Gasteiger partial charge in [-0.05, 0) is 65.2 Å². The Bertz CT molecular complexity index is 2540. The summed E-state index contributed by atoms with van der Waals surface area (Å²) in [6.07, 6.45) is -7.97. The number of hydrogen-bond donors (Lipinski definition) is 8. The van der Waals surface area contributed by atoms with Gasteiger partial charge in [-0.3, -0.25) is 14.3 Å². The molecule has 5 rings (SSSR count). The Morgan fingerprint density at radius 2 is 1.17 bits per heavy atom. The van der Waals surface area contributed by atoms with Crippen LogP contribution in [0.4, 0.5) is 17.6 Å². The topological polar surface area (TPSA) is 306 Å². The molecular weight excluding hydrogens is 969 g/mol. The van der Waals surface area contributed by atoms with Crippen molar-refractivity contribution >= 4 is 41.5 Å². The van der Waals surface area contributed by atoms with Gasteiger partial charge in [0, 0.05) is 56.8 Å². The van der Waals surface area contributed by atoms with Gasteiger partial charge in [0.1, 0.15) is 12.4 Å². The van der Waals surface area contributed by atoms with Gasteiger partial charge in [0.2, 0.25) is 5.91 Å². The van der Waals surface area contributed by atoms with Crippen molar-refractivity contribution in [1.82, 2.24) is 29.1 Å². The van der Waals surface area contributed by atoms with E-state index in [1.54, 1.807) is 45.7 Å². The largest absolute Gasteiger partial charge is 0.479 e. The van der Waals surface area contributed by atoms with Crippen LogP contribution in [0.25, 0.3) is 11.1 Å². The molecule has 71 heavy (non-hydrogen) atoms. The molecule has 8 N–H and O–H groups in total. The van der Waals surface area contributed by atoms with Crippen LogP contribution in [0, 0.1) is 5.82 Å². The minimum absolute atomic E-state index is 0.0685. The van der Waals surface area contributed by atoms with Gasteiger partial charge in [0.15, 0.2) is 29.6 Å². The van der Waals surface area contributed by atoms with Crippen LogP contribution in [0.3, 0.4) is 0 Å². The van der Waals surface area contributed by atoms with Crippen molar-refractivity contribution in [2.45, 2.75) is 74.9 Å². The van der Waals surface area contributed by atoms with Crippen molar-refractivity contribution in [3.63, 3.8) is 0 Å². The number of alkyl halides is 3. The lowest BCUT2D eigenvalue weighted by molar-refractivity contribution is -0.165. The molecule has 2 aromatic heterocycles. The number of aromatic nitrogens is 4. The smallest absolute Gasteiger partial charge is 0.416 e. The number of aryl methyl sites for hydroxylation is 1. The summed E-state index contributed by atoms with van der Waals surface area (Å²) in [4.78, 5) is 74.8. The maximum Gasteiger partial charge on any atom is 0.416 e. The Morgan fingerprint density at radius 3 is 1.61 bits per heavy atom. The Hall–Kier alpha value is -7.03. The first-order chi connectivity index (χ1) is 33.3. The number of rotatable bonds is 21. The van der Waals surface area contributed by atoms with Gasteiger partial charge >= 0.3 is 30.1 Å². The van der Waals surface area contributed by atoms with E-state index < -0.39 is 65.6 Å². The molecule has 0 radical (unpaired) electrons. The number of nitrogens with zero attached hydrogens (tertiary/aromatic N) is 6. The lowest BCUT2D eigenvalue weighted by atomic mass is 10.0. The van der Waals surface area contributed by atoms with E-state index in [1.807, 2.05) is 30.5 Å². The molecule has 20 nitrogen and oxygen atoms in total. The summed E-state index contributed by atoms with van der Waals surface area (Å²) >= 11 is 1.30. The van der Waals surface area contributed by atoms with Crippen molar-refractivity contribution in [3.05, 3.63) is 135 Å². The average molecular weight is 1020 g/mol. The molecule has 0 saturated carbocycles. The molecule has 0 spiro atoms. The monoisotopic (exact) mass is 1020 g/mol. The molecule has 0 aliphatic carbocycles. The van der Waals surface area contributed by atoms with Gasteiger partial charge in [-0.2, -0.15) is 23.3 Å². The van der Waals surface area contributed by atoms with Gasteiger partial charge in [-0.15, -0.1) is 0 Å². The van der Waals surface area contributed by atoms with E-state index in [0.29, 0.717) is 48.1 Å². The molecule has 1 amide bonds. The number of amides is 1. The summed E-state index contributed by atoms with van der Waals surface area (Å²) in [6, 6.07) is 18.6. The molecule has 0 saturated heterocycles. The van der Waals surface area contributed by atoms with Gasteiger partial charge in [0.25, 0.3) is 5.56 Å². The lowest BCUT2D eigenvalue weighted by Crippen LogP contribution is -2.40. The SMILES string of the molecule is CCN(CC)CCN(Cc1ccc(-c2ccc(C(F)(F)F)cc2)cc1)C(=O)Cn1cc(Cc2cnn(C)c2)c(=O)nc1SCc1ccc(F)cc1.O=C(O)[C@H](O)[C@@H](O)C(=O)O.O=C(O)[C@H](O)[C@@H](O)C(=O)O. The van der Waals surface area contributed by atoms with E-state index in [2.05, 4.69) is 28.8 Å². The Kier molecular flexibility index (Phi) is 22.5. The van der Waals surface area contributed by atoms with E-state index in [9.17, 15) is 46.3 Å². The summed E-state index contributed by atoms with van der Waals surface area (Å²) in [5.41, 5.74) is 3.28. The zero-order chi connectivity index (χ0) is 53.2. The summed E-state index contributed by atoms with van der Waals surface area (Å²) in [5.74, 6) is -7.17. The molecule has 0 aliphatic heterocycles. The number of carboxylic acids is 4. The van der Waals surface area contributed by atoms with E-state index in [0.717, 1.165) is 47.5 Å². The van der Waals surface area contributed by atoms with E-state index in [1.165, 1.54) is 36.0 Å². The number of likely N-dealkylation sites (N-methyl/N-ethyl adjacent to an activating group) is 1. The van der Waals surface area contributed by atoms with Gasteiger partial charge in [-0.25, -0.2) is 23.6 Å². The number of aliphatic hydroxyl groups is 4. The Morgan fingerprint density at radius 1 is 0.690 bits per heavy atom. The molecule has 2 heterocycles. The quantitative estimate of drug-likeness (QED) is 0.0298. The van der Waals surface area contributed by atoms with Crippen LogP contribution < -0.4 is 5.56 Å². The standard InChI is InChI=1S/C38H40F4N6O2S.2C4H6O6/c1-4-46(5-2)18-19-47(23-27-6-10-30(11-7-27)31-12-14-33(15-13-31)38(40,41)42)35(49)25-48-24-32(20-29-21-43-45(3)22-29)36(50)44-37(48)51-26-28-8-16-34(39)17-9-28;2*5-1(3(7)8)2(6)4(9)10/h6-17,21-22,24H,4-5,18-20,23,25-26H2,1-3H3;2*1-2,5-6H,(H,7,8)(H,9,10)/t;2*1-,2-/m.11/s1. The van der Waals surface area contributed by atoms with Crippen LogP contribution in [0.1, 0.15) is 41.7 Å². The number of benzene rings is 3. The third kappa shape index (κ3) is 18.7. The number of aliphatic hydroxyl groups excluding tert-OH is 4. The highest BCUT2D eigenvalue weighted by atomic mass is 32.2. The molecule has 384 valence electrons. The number of carbonyl (C=O) groups is 5. The Balaban J connectivity index is 0.000000556. The van der Waals surface area contributed by atoms with Gasteiger partial charge in [-0.1, -0.05) is 74.1 Å². The molecular formula is C46H52F4N6O14S. The van der Waals surface area contributed by atoms with Crippen LogP contribution in [0.5, 0.6) is 0 Å². The second kappa shape index (κ2) is 27.4. The van der Waals surface area contributed by atoms with E-state index in [4.69, 9.17) is 40.9 Å². The summed E-state index contributed by atoms with van der Waals surface area (Å²) in [7, 11) is 1.79. The number of thioether (sulfide) groups is 1. The second-order valence-electron chi connectivity index (χ2n) is 15.3. The van der Waals surface area contributed by atoms with Crippen molar-refractivity contribution in [1.29, 1.82) is 0 Å². The predicted octanol–water partition coefficient (Wildman–Crippen LogP) is 2.81. The minimum Gasteiger partial charge on any atom is -0.479 e. The number of halogens is 4. The third-order valence-electron chi connectivity index (χ3n) is 10.2. The van der Waals surface area contributed by atoms with Crippen LogP contribution in [0.15, 0.2) is 101 Å². The van der Waals surface area contributed by atoms with Crippen molar-refractivity contribution in [2.24, 2.45) is 7.05 Å². The minimum atomic E-state index is -4.40. The van der Waals surface area contributed by atoms with Crippen LogP contribution in [-0.4, -0.2) is 150 Å². The maximum atomic E-state index is 14.2. The first-order valence-electron chi connectivity index (χ1n) is 21.2. The number of hydrogen-bond acceptors (Lipinski definition) is 14. The fourth-order valence-electron chi connectivity index (χ4n) is 6.14. The number of aliphatic carboxylic acids is 4. The number of carboxylic acid groups (broad SMARTS) is 4. The fourth-order valence-corrected chi connectivity index (χ4v) is 7.06. The van der Waals surface area contributed by atoms with Crippen LogP contribution in [0.2, 0.25) is 0 Å². The molecule has 0 bridgehead atoms. The van der Waals surface area contributed by atoms with E-state index >= 15 is 0 Å². The molecule has 0 fully saturated rings. The molecule has 4 atom stereocenters. The van der Waals surface area contributed by atoms with E-state index in [-0.39, 0.29) is 18.3 Å². The zero-order valence-corrected chi connectivity index (χ0v) is 39.1. The second-order valence-corrected chi connectivity index (χ2v) is 16.3. The van der Waals surface area contributed by atoms with Crippen LogP contribution in [-0.2, 0) is 62.5 Å². The average Bonchev–Trinajstić information content (AvgIpc) is 3.75.